The number of primary amides is 1. The second-order valence-electron chi connectivity index (χ2n) is 9.12. The van der Waals surface area contributed by atoms with Crippen LogP contribution in [0.5, 0.6) is 5.75 Å². The smallest absolute Gasteiger partial charge is 0.274 e. The Balaban J connectivity index is 1.34. The standard InChI is InChI=1S/C26H27N5O4/c1-35-20-10-8-19(9-11-20)31-22(15-21(29-31)24(27)33)25(34)28-18-6-4-17(5-7-18)26(12-13-26)16-30-14-2-3-23(30)32/h4-11,15H,2-3,12-14,16H2,1H3,(H2,27,33)(H,28,34). The molecule has 2 heterocycles. The van der Waals surface area contributed by atoms with Gasteiger partial charge < -0.3 is 20.7 Å². The number of hydrogen-bond donors (Lipinski definition) is 2. The van der Waals surface area contributed by atoms with Gasteiger partial charge in [0.05, 0.1) is 12.8 Å². The zero-order valence-electron chi connectivity index (χ0n) is 19.5. The SMILES string of the molecule is COc1ccc(-n2nc(C(N)=O)cc2C(=O)Nc2ccc(C3(CN4CCCC4=O)CC3)cc2)cc1. The summed E-state index contributed by atoms with van der Waals surface area (Å²) in [6.45, 7) is 1.60. The minimum atomic E-state index is -0.720. The molecular formula is C26H27N5O4. The van der Waals surface area contributed by atoms with Gasteiger partial charge in [-0.05, 0) is 61.2 Å². The Labute approximate surface area is 202 Å². The molecule has 1 aliphatic heterocycles. The molecular weight excluding hydrogens is 446 g/mol. The molecule has 2 aliphatic rings. The summed E-state index contributed by atoms with van der Waals surface area (Å²) < 4.78 is 6.57. The number of methoxy groups -OCH3 is 1. The summed E-state index contributed by atoms with van der Waals surface area (Å²) in [6.07, 6.45) is 3.69. The number of rotatable bonds is 8. The number of ether oxygens (including phenoxy) is 1. The summed E-state index contributed by atoms with van der Waals surface area (Å²) >= 11 is 0. The molecule has 2 fully saturated rings. The molecule has 0 unspecified atom stereocenters. The highest BCUT2D eigenvalue weighted by molar-refractivity contribution is 6.05. The topological polar surface area (TPSA) is 120 Å². The number of carbonyl (C=O) groups excluding carboxylic acids is 3. The summed E-state index contributed by atoms with van der Waals surface area (Å²) in [5.74, 6) is -0.243. The van der Waals surface area contributed by atoms with Gasteiger partial charge in [-0.1, -0.05) is 12.1 Å². The molecule has 35 heavy (non-hydrogen) atoms. The van der Waals surface area contributed by atoms with E-state index in [4.69, 9.17) is 10.5 Å². The van der Waals surface area contributed by atoms with Gasteiger partial charge in [-0.3, -0.25) is 14.4 Å². The Morgan fingerprint density at radius 3 is 2.40 bits per heavy atom. The predicted molar refractivity (Wildman–Crippen MR) is 130 cm³/mol. The van der Waals surface area contributed by atoms with E-state index >= 15 is 0 Å². The minimum Gasteiger partial charge on any atom is -0.497 e. The van der Waals surface area contributed by atoms with Crippen molar-refractivity contribution in [2.24, 2.45) is 5.73 Å². The minimum absolute atomic E-state index is 0.00606. The van der Waals surface area contributed by atoms with Crippen LogP contribution in [-0.2, 0) is 10.2 Å². The Kier molecular flexibility index (Phi) is 5.76. The molecule has 0 radical (unpaired) electrons. The third kappa shape index (κ3) is 4.49. The van der Waals surface area contributed by atoms with Crippen molar-refractivity contribution in [1.82, 2.24) is 14.7 Å². The molecule has 1 aromatic heterocycles. The third-order valence-electron chi connectivity index (χ3n) is 6.79. The lowest BCUT2D eigenvalue weighted by Crippen LogP contribution is -2.33. The zero-order valence-corrected chi connectivity index (χ0v) is 19.5. The van der Waals surface area contributed by atoms with Crippen molar-refractivity contribution >= 4 is 23.4 Å². The lowest BCUT2D eigenvalue weighted by Gasteiger charge is -2.24. The van der Waals surface area contributed by atoms with Crippen LogP contribution in [0.3, 0.4) is 0 Å². The van der Waals surface area contributed by atoms with Crippen molar-refractivity contribution < 1.29 is 19.1 Å². The molecule has 3 N–H and O–H groups in total. The number of anilines is 1. The van der Waals surface area contributed by atoms with Gasteiger partial charge in [-0.25, -0.2) is 4.68 Å². The van der Waals surface area contributed by atoms with Crippen molar-refractivity contribution in [3.05, 3.63) is 71.5 Å². The van der Waals surface area contributed by atoms with Crippen molar-refractivity contribution in [3.63, 3.8) is 0 Å². The van der Waals surface area contributed by atoms with Gasteiger partial charge in [0.25, 0.3) is 11.8 Å². The van der Waals surface area contributed by atoms with Crippen LogP contribution < -0.4 is 15.8 Å². The predicted octanol–water partition coefficient (Wildman–Crippen LogP) is 2.89. The number of likely N-dealkylation sites (tertiary alicyclic amines) is 1. The lowest BCUT2D eigenvalue weighted by atomic mass is 9.95. The van der Waals surface area contributed by atoms with Gasteiger partial charge in [0.15, 0.2) is 5.69 Å². The maximum Gasteiger partial charge on any atom is 0.274 e. The largest absolute Gasteiger partial charge is 0.497 e. The van der Waals surface area contributed by atoms with E-state index in [1.54, 1.807) is 31.4 Å². The summed E-state index contributed by atoms with van der Waals surface area (Å²) in [4.78, 5) is 38.9. The fourth-order valence-corrected chi connectivity index (χ4v) is 4.61. The quantitative estimate of drug-likeness (QED) is 0.521. The van der Waals surface area contributed by atoms with Crippen LogP contribution in [0.2, 0.25) is 0 Å². The fourth-order valence-electron chi connectivity index (χ4n) is 4.61. The second kappa shape index (κ2) is 8.90. The van der Waals surface area contributed by atoms with E-state index in [1.165, 1.54) is 16.3 Å². The van der Waals surface area contributed by atoms with Crippen molar-refractivity contribution in [2.75, 3.05) is 25.5 Å². The van der Waals surface area contributed by atoms with Crippen LogP contribution in [-0.4, -0.2) is 52.6 Å². The summed E-state index contributed by atoms with van der Waals surface area (Å²) in [5.41, 5.74) is 7.99. The highest BCUT2D eigenvalue weighted by Gasteiger charge is 2.46. The highest BCUT2D eigenvalue weighted by Crippen LogP contribution is 2.49. The number of carbonyl (C=O) groups is 3. The number of nitrogens with zero attached hydrogens (tertiary/aromatic N) is 3. The van der Waals surface area contributed by atoms with E-state index < -0.39 is 11.8 Å². The molecule has 180 valence electrons. The van der Waals surface area contributed by atoms with Crippen LogP contribution in [0.1, 0.15) is 52.2 Å². The number of amides is 3. The number of nitrogens with one attached hydrogen (secondary N) is 1. The number of benzene rings is 2. The Morgan fingerprint density at radius 1 is 1.11 bits per heavy atom. The molecule has 3 aromatic rings. The maximum atomic E-state index is 13.1. The normalized spacial score (nSPS) is 16.3. The van der Waals surface area contributed by atoms with Crippen LogP contribution in [0.25, 0.3) is 5.69 Å². The molecule has 1 saturated heterocycles. The third-order valence-corrected chi connectivity index (χ3v) is 6.79. The molecule has 2 aromatic carbocycles. The first-order valence-electron chi connectivity index (χ1n) is 11.6. The van der Waals surface area contributed by atoms with Gasteiger partial charge in [0.2, 0.25) is 5.91 Å². The number of hydrogen-bond acceptors (Lipinski definition) is 5. The molecule has 1 saturated carbocycles. The van der Waals surface area contributed by atoms with Gasteiger partial charge in [-0.2, -0.15) is 5.10 Å². The molecule has 9 nitrogen and oxygen atoms in total. The number of aromatic nitrogens is 2. The van der Waals surface area contributed by atoms with Gasteiger partial charge in [-0.15, -0.1) is 0 Å². The molecule has 9 heteroatoms. The van der Waals surface area contributed by atoms with E-state index in [-0.39, 0.29) is 22.7 Å². The lowest BCUT2D eigenvalue weighted by molar-refractivity contribution is -0.128. The highest BCUT2D eigenvalue weighted by atomic mass is 16.5. The molecule has 1 aliphatic carbocycles. The average molecular weight is 474 g/mol. The molecule has 5 rings (SSSR count). The summed E-state index contributed by atoms with van der Waals surface area (Å²) in [7, 11) is 1.56. The maximum absolute atomic E-state index is 13.1. The van der Waals surface area contributed by atoms with E-state index in [1.807, 2.05) is 29.2 Å². The second-order valence-corrected chi connectivity index (χ2v) is 9.12. The Morgan fingerprint density at radius 2 is 1.83 bits per heavy atom. The average Bonchev–Trinajstić information content (AvgIpc) is 3.31. The zero-order chi connectivity index (χ0) is 24.6. The summed E-state index contributed by atoms with van der Waals surface area (Å²) in [6, 6.07) is 16.1. The van der Waals surface area contributed by atoms with E-state index in [2.05, 4.69) is 10.4 Å². The molecule has 3 amide bonds. The van der Waals surface area contributed by atoms with Crippen molar-refractivity contribution in [1.29, 1.82) is 0 Å². The van der Waals surface area contributed by atoms with Crippen LogP contribution >= 0.6 is 0 Å². The van der Waals surface area contributed by atoms with Crippen molar-refractivity contribution in [3.8, 4) is 11.4 Å². The van der Waals surface area contributed by atoms with Crippen LogP contribution in [0.15, 0.2) is 54.6 Å². The Hall–Kier alpha value is -4.14. The first kappa shape index (κ1) is 22.6. The number of nitrogens with two attached hydrogens (primary N) is 1. The first-order valence-corrected chi connectivity index (χ1v) is 11.6. The van der Waals surface area contributed by atoms with Gasteiger partial charge in [0.1, 0.15) is 11.4 Å². The van der Waals surface area contributed by atoms with E-state index in [9.17, 15) is 14.4 Å². The first-order chi connectivity index (χ1) is 16.9. The molecule has 0 atom stereocenters. The van der Waals surface area contributed by atoms with Gasteiger partial charge in [0, 0.05) is 36.7 Å². The summed E-state index contributed by atoms with van der Waals surface area (Å²) in [5, 5.41) is 7.10. The molecule has 0 bridgehead atoms. The molecule has 0 spiro atoms. The monoisotopic (exact) mass is 473 g/mol. The Bertz CT molecular complexity index is 1280. The van der Waals surface area contributed by atoms with Crippen LogP contribution in [0, 0.1) is 0 Å². The van der Waals surface area contributed by atoms with E-state index in [0.29, 0.717) is 23.5 Å². The van der Waals surface area contributed by atoms with Crippen molar-refractivity contribution in [2.45, 2.75) is 31.1 Å². The van der Waals surface area contributed by atoms with Crippen LogP contribution in [0.4, 0.5) is 5.69 Å². The fraction of sp³-hybridized carbons (Fsp3) is 0.308. The van der Waals surface area contributed by atoms with E-state index in [0.717, 1.165) is 32.4 Å². The van der Waals surface area contributed by atoms with Gasteiger partial charge >= 0.3 is 0 Å².